The number of benzene rings is 1. The maximum absolute atomic E-state index is 4.80. The van der Waals surface area contributed by atoms with E-state index in [-0.39, 0.29) is 12.4 Å². The molecule has 1 aliphatic rings. The number of anilines is 1. The van der Waals surface area contributed by atoms with Gasteiger partial charge in [-0.1, -0.05) is 18.2 Å². The minimum absolute atomic E-state index is 0. The molecule has 3 aromatic rings. The smallest absolute Gasteiger partial charge is 0.160 e. The van der Waals surface area contributed by atoms with Gasteiger partial charge in [0.1, 0.15) is 0 Å². The second-order valence-electron chi connectivity index (χ2n) is 6.31. The maximum Gasteiger partial charge on any atom is 0.160 e. The van der Waals surface area contributed by atoms with Crippen LogP contribution in [-0.4, -0.2) is 57.9 Å². The summed E-state index contributed by atoms with van der Waals surface area (Å²) in [5, 5.41) is 9.13. The zero-order valence-corrected chi connectivity index (χ0v) is 15.1. The first kappa shape index (κ1) is 17.0. The van der Waals surface area contributed by atoms with Crippen LogP contribution in [0.5, 0.6) is 0 Å². The molecule has 0 amide bonds. The molecule has 7 heteroatoms. The van der Waals surface area contributed by atoms with E-state index in [1.807, 2.05) is 24.7 Å². The molecular formula is C17H23ClN6. The first-order chi connectivity index (χ1) is 11.1. The average Bonchev–Trinajstić information content (AvgIpc) is 2.83. The number of halogens is 1. The number of rotatable bonds is 2. The van der Waals surface area contributed by atoms with Gasteiger partial charge in [-0.2, -0.15) is 5.10 Å². The monoisotopic (exact) mass is 346 g/mol. The molecule has 2 aromatic heterocycles. The summed E-state index contributed by atoms with van der Waals surface area (Å²) in [6.45, 7) is 6.21. The average molecular weight is 347 g/mol. The summed E-state index contributed by atoms with van der Waals surface area (Å²) in [7, 11) is 4.12. The lowest BCUT2D eigenvalue weighted by Crippen LogP contribution is -2.47. The number of nitrogens with zero attached hydrogens (tertiary/aromatic N) is 5. The molecule has 0 unspecified atom stereocenters. The number of likely N-dealkylation sites (N-methyl/N-ethyl adjacent to an activating group) is 1. The van der Waals surface area contributed by atoms with E-state index in [1.165, 1.54) is 0 Å². The summed E-state index contributed by atoms with van der Waals surface area (Å²) in [5.74, 6) is 0. The lowest BCUT2D eigenvalue weighted by molar-refractivity contribution is 0.179. The number of aromatic nitrogens is 3. The van der Waals surface area contributed by atoms with Crippen LogP contribution in [0, 0.1) is 6.92 Å². The van der Waals surface area contributed by atoms with Crippen molar-refractivity contribution in [3.8, 4) is 0 Å². The summed E-state index contributed by atoms with van der Waals surface area (Å²) in [4.78, 5) is 7.15. The molecule has 4 rings (SSSR count). The minimum Gasteiger partial charge on any atom is -0.317 e. The Morgan fingerprint density at radius 2 is 1.75 bits per heavy atom. The van der Waals surface area contributed by atoms with Crippen LogP contribution in [0.15, 0.2) is 24.3 Å². The molecule has 3 heterocycles. The quantitative estimate of drug-likeness (QED) is 0.772. The number of piperazine rings is 1. The van der Waals surface area contributed by atoms with Crippen molar-refractivity contribution in [2.45, 2.75) is 6.92 Å². The third-order valence-electron chi connectivity index (χ3n) is 4.61. The Morgan fingerprint density at radius 3 is 2.50 bits per heavy atom. The predicted molar refractivity (Wildman–Crippen MR) is 101 cm³/mol. The summed E-state index contributed by atoms with van der Waals surface area (Å²) in [6.07, 6.45) is 0. The fourth-order valence-electron chi connectivity index (χ4n) is 3.29. The zero-order chi connectivity index (χ0) is 16.0. The van der Waals surface area contributed by atoms with Crippen LogP contribution in [0.2, 0.25) is 0 Å². The predicted octanol–water partition coefficient (Wildman–Crippen LogP) is 2.43. The molecular weight excluding hydrogens is 324 g/mol. The maximum atomic E-state index is 4.80. The van der Waals surface area contributed by atoms with Gasteiger partial charge in [0, 0.05) is 38.6 Å². The fraction of sp³-hybridized carbons (Fsp3) is 0.412. The van der Waals surface area contributed by atoms with Crippen molar-refractivity contribution in [2.75, 3.05) is 38.7 Å². The Balaban J connectivity index is 0.00000169. The SMILES string of the molecule is Cc1nn(C)c2nc3ccccc3c(NN3CCN(C)CC3)c12.Cl. The highest BCUT2D eigenvalue weighted by Gasteiger charge is 2.19. The molecule has 0 atom stereocenters. The van der Waals surface area contributed by atoms with E-state index in [0.717, 1.165) is 59.5 Å². The molecule has 0 radical (unpaired) electrons. The normalized spacial score (nSPS) is 16.5. The molecule has 1 aliphatic heterocycles. The molecule has 0 spiro atoms. The van der Waals surface area contributed by atoms with Crippen LogP contribution in [0.3, 0.4) is 0 Å². The Hall–Kier alpha value is -1.89. The third-order valence-corrected chi connectivity index (χ3v) is 4.61. The molecule has 0 saturated carbocycles. The van der Waals surface area contributed by atoms with E-state index in [4.69, 9.17) is 4.98 Å². The number of hydrogen-bond acceptors (Lipinski definition) is 5. The van der Waals surface area contributed by atoms with Gasteiger partial charge in [0.2, 0.25) is 0 Å². The Morgan fingerprint density at radius 1 is 1.04 bits per heavy atom. The van der Waals surface area contributed by atoms with Crippen molar-refractivity contribution in [2.24, 2.45) is 7.05 Å². The molecule has 1 saturated heterocycles. The van der Waals surface area contributed by atoms with Crippen molar-refractivity contribution >= 4 is 40.0 Å². The highest BCUT2D eigenvalue weighted by molar-refractivity contribution is 6.07. The Labute approximate surface area is 147 Å². The second kappa shape index (κ2) is 6.55. The molecule has 6 nitrogen and oxygen atoms in total. The van der Waals surface area contributed by atoms with Crippen LogP contribution in [0.1, 0.15) is 5.69 Å². The van der Waals surface area contributed by atoms with Gasteiger partial charge in [-0.15, -0.1) is 12.4 Å². The number of hydrazine groups is 1. The second-order valence-corrected chi connectivity index (χ2v) is 6.31. The van der Waals surface area contributed by atoms with Gasteiger partial charge in [0.05, 0.1) is 22.3 Å². The van der Waals surface area contributed by atoms with Crippen molar-refractivity contribution in [1.29, 1.82) is 0 Å². The number of hydrogen-bond donors (Lipinski definition) is 1. The third kappa shape index (κ3) is 2.81. The summed E-state index contributed by atoms with van der Waals surface area (Å²) in [5.41, 5.74) is 7.72. The van der Waals surface area contributed by atoms with Gasteiger partial charge in [-0.3, -0.25) is 4.68 Å². The van der Waals surface area contributed by atoms with Gasteiger partial charge in [0.15, 0.2) is 5.65 Å². The summed E-state index contributed by atoms with van der Waals surface area (Å²) < 4.78 is 1.87. The Kier molecular flexibility index (Phi) is 4.62. The van der Waals surface area contributed by atoms with E-state index < -0.39 is 0 Å². The first-order valence-electron chi connectivity index (χ1n) is 8.05. The van der Waals surface area contributed by atoms with Crippen LogP contribution in [0.25, 0.3) is 21.9 Å². The number of aryl methyl sites for hydroxylation is 2. The van der Waals surface area contributed by atoms with Crippen molar-refractivity contribution in [3.05, 3.63) is 30.0 Å². The van der Waals surface area contributed by atoms with Gasteiger partial charge in [0.25, 0.3) is 0 Å². The standard InChI is InChI=1S/C17H22N6.ClH/c1-12-15-16(20-23-10-8-21(2)9-11-23)13-6-4-5-7-14(13)18-17(15)22(3)19-12;/h4-7H,8-11H2,1-3H3,(H,18,20);1H. The van der Waals surface area contributed by atoms with E-state index in [1.54, 1.807) is 0 Å². The van der Waals surface area contributed by atoms with Crippen molar-refractivity contribution < 1.29 is 0 Å². The van der Waals surface area contributed by atoms with Crippen LogP contribution < -0.4 is 5.43 Å². The molecule has 0 bridgehead atoms. The zero-order valence-electron chi connectivity index (χ0n) is 14.3. The van der Waals surface area contributed by atoms with Crippen LogP contribution >= 0.6 is 12.4 Å². The largest absolute Gasteiger partial charge is 0.317 e. The highest BCUT2D eigenvalue weighted by Crippen LogP contribution is 2.32. The lowest BCUT2D eigenvalue weighted by Gasteiger charge is -2.33. The molecule has 0 aliphatic carbocycles. The van der Waals surface area contributed by atoms with Crippen LogP contribution in [-0.2, 0) is 7.05 Å². The molecule has 1 aromatic carbocycles. The van der Waals surface area contributed by atoms with Crippen molar-refractivity contribution in [3.63, 3.8) is 0 Å². The van der Waals surface area contributed by atoms with Crippen LogP contribution in [0.4, 0.5) is 5.69 Å². The molecule has 24 heavy (non-hydrogen) atoms. The lowest BCUT2D eigenvalue weighted by atomic mass is 10.1. The van der Waals surface area contributed by atoms with Gasteiger partial charge >= 0.3 is 0 Å². The van der Waals surface area contributed by atoms with Crippen molar-refractivity contribution in [1.82, 2.24) is 24.7 Å². The Bertz CT molecular complexity index is 866. The topological polar surface area (TPSA) is 49.2 Å². The highest BCUT2D eigenvalue weighted by atomic mass is 35.5. The molecule has 1 fully saturated rings. The first-order valence-corrected chi connectivity index (χ1v) is 8.05. The van der Waals surface area contributed by atoms with Gasteiger partial charge < -0.3 is 10.3 Å². The summed E-state index contributed by atoms with van der Waals surface area (Å²) in [6, 6.07) is 8.29. The number of nitrogens with one attached hydrogen (secondary N) is 1. The molecule has 1 N–H and O–H groups in total. The van der Waals surface area contributed by atoms with E-state index in [0.29, 0.717) is 0 Å². The van der Waals surface area contributed by atoms with Gasteiger partial charge in [-0.05, 0) is 20.0 Å². The number of pyridine rings is 1. The van der Waals surface area contributed by atoms with E-state index in [9.17, 15) is 0 Å². The summed E-state index contributed by atoms with van der Waals surface area (Å²) >= 11 is 0. The number of fused-ring (bicyclic) bond motifs is 2. The minimum atomic E-state index is 0. The fourth-order valence-corrected chi connectivity index (χ4v) is 3.29. The van der Waals surface area contributed by atoms with E-state index in [2.05, 4.69) is 45.7 Å². The molecule has 128 valence electrons. The van der Waals surface area contributed by atoms with E-state index >= 15 is 0 Å². The van der Waals surface area contributed by atoms with Gasteiger partial charge in [-0.25, -0.2) is 9.99 Å². The number of para-hydroxylation sites is 1.